The molecule has 0 spiro atoms. The molecule has 0 saturated carbocycles. The first-order valence-electron chi connectivity index (χ1n) is 4.94. The molecule has 1 aromatic carbocycles. The zero-order valence-electron chi connectivity index (χ0n) is 8.66. The van der Waals surface area contributed by atoms with Gasteiger partial charge in [0.05, 0.1) is 0 Å². The standard InChI is InChI=1S/C12H16O2/c1-3-9(2)12(14)8-10-5-4-6-11(13)7-10/h4-7,9,13H,3,8H2,1-2H3. The van der Waals surface area contributed by atoms with Crippen LogP contribution in [0, 0.1) is 5.92 Å². The minimum atomic E-state index is 0.109. The molecule has 1 unspecified atom stereocenters. The van der Waals surface area contributed by atoms with Crippen LogP contribution in [-0.2, 0) is 11.2 Å². The first-order valence-corrected chi connectivity index (χ1v) is 4.94. The second-order valence-electron chi connectivity index (χ2n) is 3.62. The van der Waals surface area contributed by atoms with Crippen LogP contribution < -0.4 is 0 Å². The van der Waals surface area contributed by atoms with Crippen molar-refractivity contribution in [1.29, 1.82) is 0 Å². The number of carbonyl (C=O) groups is 1. The molecule has 1 aromatic rings. The summed E-state index contributed by atoms with van der Waals surface area (Å²) in [7, 11) is 0. The molecule has 0 heterocycles. The smallest absolute Gasteiger partial charge is 0.140 e. The lowest BCUT2D eigenvalue weighted by atomic mass is 9.97. The molecular weight excluding hydrogens is 176 g/mol. The quantitative estimate of drug-likeness (QED) is 0.796. The van der Waals surface area contributed by atoms with Crippen LogP contribution in [0.5, 0.6) is 5.75 Å². The van der Waals surface area contributed by atoms with Crippen LogP contribution in [0.4, 0.5) is 0 Å². The molecule has 1 N–H and O–H groups in total. The fourth-order valence-corrected chi connectivity index (χ4v) is 1.27. The molecule has 0 saturated heterocycles. The third-order valence-corrected chi connectivity index (χ3v) is 2.45. The lowest BCUT2D eigenvalue weighted by Crippen LogP contribution is -2.12. The molecule has 0 fully saturated rings. The summed E-state index contributed by atoms with van der Waals surface area (Å²) in [6.07, 6.45) is 1.29. The number of phenolic OH excluding ortho intramolecular Hbond substituents is 1. The zero-order chi connectivity index (χ0) is 10.6. The molecular formula is C12H16O2. The number of hydrogen-bond donors (Lipinski definition) is 1. The number of aromatic hydroxyl groups is 1. The van der Waals surface area contributed by atoms with Crippen molar-refractivity contribution in [2.75, 3.05) is 0 Å². The SMILES string of the molecule is CCC(C)C(=O)Cc1cccc(O)c1. The van der Waals surface area contributed by atoms with E-state index in [1.807, 2.05) is 19.9 Å². The van der Waals surface area contributed by atoms with Crippen LogP contribution in [0.1, 0.15) is 25.8 Å². The Labute approximate surface area is 84.6 Å². The van der Waals surface area contributed by atoms with E-state index < -0.39 is 0 Å². The highest BCUT2D eigenvalue weighted by molar-refractivity contribution is 5.82. The average molecular weight is 192 g/mol. The van der Waals surface area contributed by atoms with Gasteiger partial charge in [-0.25, -0.2) is 0 Å². The summed E-state index contributed by atoms with van der Waals surface area (Å²) < 4.78 is 0. The van der Waals surface area contributed by atoms with Crippen LogP contribution in [-0.4, -0.2) is 10.9 Å². The molecule has 1 rings (SSSR count). The Hall–Kier alpha value is -1.31. The zero-order valence-corrected chi connectivity index (χ0v) is 8.66. The van der Waals surface area contributed by atoms with E-state index in [2.05, 4.69) is 0 Å². The maximum absolute atomic E-state index is 11.6. The lowest BCUT2D eigenvalue weighted by molar-refractivity contribution is -0.121. The number of carbonyl (C=O) groups excluding carboxylic acids is 1. The van der Waals surface area contributed by atoms with E-state index in [0.29, 0.717) is 6.42 Å². The first kappa shape index (κ1) is 10.8. The summed E-state index contributed by atoms with van der Waals surface area (Å²) in [5, 5.41) is 9.21. The molecule has 76 valence electrons. The van der Waals surface area contributed by atoms with E-state index >= 15 is 0 Å². The van der Waals surface area contributed by atoms with Gasteiger partial charge in [-0.05, 0) is 24.1 Å². The van der Waals surface area contributed by atoms with Gasteiger partial charge in [-0.15, -0.1) is 0 Å². The molecule has 0 aliphatic carbocycles. The molecule has 0 aliphatic rings. The third-order valence-electron chi connectivity index (χ3n) is 2.45. The maximum atomic E-state index is 11.6. The van der Waals surface area contributed by atoms with Gasteiger partial charge >= 0.3 is 0 Å². The summed E-state index contributed by atoms with van der Waals surface area (Å²) in [5.41, 5.74) is 0.885. The first-order chi connectivity index (χ1) is 6.63. The van der Waals surface area contributed by atoms with Gasteiger partial charge in [0, 0.05) is 12.3 Å². The van der Waals surface area contributed by atoms with Crippen molar-refractivity contribution in [3.05, 3.63) is 29.8 Å². The van der Waals surface area contributed by atoms with E-state index in [0.717, 1.165) is 12.0 Å². The van der Waals surface area contributed by atoms with E-state index in [1.165, 1.54) is 0 Å². The van der Waals surface area contributed by atoms with Gasteiger partial charge in [-0.2, -0.15) is 0 Å². The number of ketones is 1. The minimum absolute atomic E-state index is 0.109. The number of rotatable bonds is 4. The molecule has 0 amide bonds. The monoisotopic (exact) mass is 192 g/mol. The Morgan fingerprint density at radius 1 is 1.50 bits per heavy atom. The van der Waals surface area contributed by atoms with E-state index in [-0.39, 0.29) is 17.5 Å². The third kappa shape index (κ3) is 2.87. The summed E-state index contributed by atoms with van der Waals surface area (Å²) in [4.78, 5) is 11.6. The largest absolute Gasteiger partial charge is 0.508 e. The average Bonchev–Trinajstić information content (AvgIpc) is 2.16. The van der Waals surface area contributed by atoms with Crippen LogP contribution in [0.3, 0.4) is 0 Å². The fourth-order valence-electron chi connectivity index (χ4n) is 1.27. The molecule has 2 nitrogen and oxygen atoms in total. The van der Waals surface area contributed by atoms with Gasteiger partial charge < -0.3 is 5.11 Å². The van der Waals surface area contributed by atoms with Crippen LogP contribution in [0.25, 0.3) is 0 Å². The highest BCUT2D eigenvalue weighted by Gasteiger charge is 2.11. The molecule has 14 heavy (non-hydrogen) atoms. The van der Waals surface area contributed by atoms with Crippen molar-refractivity contribution >= 4 is 5.78 Å². The van der Waals surface area contributed by atoms with E-state index in [9.17, 15) is 9.90 Å². The Morgan fingerprint density at radius 2 is 2.21 bits per heavy atom. The normalized spacial score (nSPS) is 12.4. The van der Waals surface area contributed by atoms with Gasteiger partial charge in [-0.3, -0.25) is 4.79 Å². The van der Waals surface area contributed by atoms with Crippen molar-refractivity contribution < 1.29 is 9.90 Å². The van der Waals surface area contributed by atoms with Crippen molar-refractivity contribution in [2.24, 2.45) is 5.92 Å². The Bertz CT molecular complexity index is 318. The van der Waals surface area contributed by atoms with Crippen molar-refractivity contribution in [3.8, 4) is 5.75 Å². The Balaban J connectivity index is 2.65. The Kier molecular flexibility index (Phi) is 3.69. The fraction of sp³-hybridized carbons (Fsp3) is 0.417. The second-order valence-corrected chi connectivity index (χ2v) is 3.62. The second kappa shape index (κ2) is 4.80. The van der Waals surface area contributed by atoms with Gasteiger partial charge in [0.15, 0.2) is 0 Å². The van der Waals surface area contributed by atoms with Gasteiger partial charge in [0.1, 0.15) is 11.5 Å². The highest BCUT2D eigenvalue weighted by Crippen LogP contribution is 2.14. The summed E-state index contributed by atoms with van der Waals surface area (Å²) >= 11 is 0. The predicted octanol–water partition coefficient (Wildman–Crippen LogP) is 2.55. The van der Waals surface area contributed by atoms with Gasteiger partial charge in [0.2, 0.25) is 0 Å². The molecule has 0 aliphatic heterocycles. The topological polar surface area (TPSA) is 37.3 Å². The van der Waals surface area contributed by atoms with Crippen molar-refractivity contribution in [1.82, 2.24) is 0 Å². The molecule has 0 aromatic heterocycles. The Morgan fingerprint density at radius 3 is 2.79 bits per heavy atom. The summed E-state index contributed by atoms with van der Waals surface area (Å²) in [5.74, 6) is 0.565. The summed E-state index contributed by atoms with van der Waals surface area (Å²) in [6.45, 7) is 3.94. The highest BCUT2D eigenvalue weighted by atomic mass is 16.3. The maximum Gasteiger partial charge on any atom is 0.140 e. The van der Waals surface area contributed by atoms with Crippen LogP contribution in [0.15, 0.2) is 24.3 Å². The molecule has 2 heteroatoms. The van der Waals surface area contributed by atoms with Crippen molar-refractivity contribution in [2.45, 2.75) is 26.7 Å². The number of phenols is 1. The van der Waals surface area contributed by atoms with Crippen LogP contribution >= 0.6 is 0 Å². The number of hydrogen-bond acceptors (Lipinski definition) is 2. The number of benzene rings is 1. The minimum Gasteiger partial charge on any atom is -0.508 e. The molecule has 0 bridgehead atoms. The van der Waals surface area contributed by atoms with E-state index in [4.69, 9.17) is 0 Å². The number of Topliss-reactive ketones (excluding diaryl/α,β-unsaturated/α-hetero) is 1. The van der Waals surface area contributed by atoms with Gasteiger partial charge in [0.25, 0.3) is 0 Å². The van der Waals surface area contributed by atoms with Gasteiger partial charge in [-0.1, -0.05) is 26.0 Å². The van der Waals surface area contributed by atoms with Crippen molar-refractivity contribution in [3.63, 3.8) is 0 Å². The lowest BCUT2D eigenvalue weighted by Gasteiger charge is -2.07. The summed E-state index contributed by atoms with van der Waals surface area (Å²) in [6, 6.07) is 6.87. The van der Waals surface area contributed by atoms with Crippen LogP contribution in [0.2, 0.25) is 0 Å². The molecule has 0 radical (unpaired) electrons. The molecule has 1 atom stereocenters. The van der Waals surface area contributed by atoms with E-state index in [1.54, 1.807) is 18.2 Å². The predicted molar refractivity (Wildman–Crippen MR) is 56.3 cm³/mol.